The van der Waals surface area contributed by atoms with Crippen molar-refractivity contribution in [3.8, 4) is 5.75 Å². The second kappa shape index (κ2) is 6.83. The van der Waals surface area contributed by atoms with Gasteiger partial charge in [0.25, 0.3) is 0 Å². The monoisotopic (exact) mass is 337 g/mol. The van der Waals surface area contributed by atoms with Crippen LogP contribution in [0.2, 0.25) is 0 Å². The molecule has 5 N–H and O–H groups in total. The molecule has 3 rings (SSSR count). The summed E-state index contributed by atoms with van der Waals surface area (Å²) in [6.45, 7) is -0.518. The smallest absolute Gasteiger partial charge is 0.178 e. The van der Waals surface area contributed by atoms with Crippen molar-refractivity contribution in [1.82, 2.24) is 9.97 Å². The number of hydrogen-bond acceptors (Lipinski definition) is 9. The van der Waals surface area contributed by atoms with E-state index in [1.807, 2.05) is 0 Å². The van der Waals surface area contributed by atoms with E-state index < -0.39 is 37.3 Å². The Hall–Kier alpha value is -2.04. The lowest BCUT2D eigenvalue weighted by molar-refractivity contribution is -0.245. The van der Waals surface area contributed by atoms with Gasteiger partial charge in [-0.1, -0.05) is 0 Å². The van der Waals surface area contributed by atoms with Gasteiger partial charge in [0.05, 0.1) is 19.2 Å². The van der Waals surface area contributed by atoms with Crippen LogP contribution in [-0.4, -0.2) is 74.8 Å². The number of aromatic nitrogens is 2. The first-order valence-electron chi connectivity index (χ1n) is 7.41. The van der Waals surface area contributed by atoms with E-state index in [0.29, 0.717) is 22.5 Å². The van der Waals surface area contributed by atoms with E-state index in [1.165, 1.54) is 13.4 Å². The Balaban J connectivity index is 1.91. The third-order valence-corrected chi connectivity index (χ3v) is 4.05. The summed E-state index contributed by atoms with van der Waals surface area (Å²) < 4.78 is 10.3. The van der Waals surface area contributed by atoms with Crippen molar-refractivity contribution in [2.24, 2.45) is 0 Å². The summed E-state index contributed by atoms with van der Waals surface area (Å²) in [5, 5.41) is 42.8. The minimum atomic E-state index is -1.43. The first-order chi connectivity index (χ1) is 11.5. The Labute approximate surface area is 137 Å². The predicted octanol–water partition coefficient (Wildman–Crippen LogP) is -1.15. The molecule has 0 amide bonds. The highest BCUT2D eigenvalue weighted by Gasteiger charge is 2.43. The van der Waals surface area contributed by atoms with E-state index in [0.717, 1.165) is 0 Å². The van der Waals surface area contributed by atoms with Crippen LogP contribution in [0.25, 0.3) is 10.9 Å². The Bertz CT molecular complexity index is 715. The van der Waals surface area contributed by atoms with Gasteiger partial charge in [0, 0.05) is 5.39 Å². The first-order valence-corrected chi connectivity index (χ1v) is 7.41. The molecule has 2 heterocycles. The number of nitrogens with zero attached hydrogens (tertiary/aromatic N) is 2. The van der Waals surface area contributed by atoms with Crippen molar-refractivity contribution in [2.45, 2.75) is 30.6 Å². The van der Waals surface area contributed by atoms with Gasteiger partial charge in [-0.05, 0) is 18.2 Å². The molecule has 1 fully saturated rings. The number of hydrogen-bond donors (Lipinski definition) is 5. The van der Waals surface area contributed by atoms with Gasteiger partial charge in [-0.15, -0.1) is 0 Å². The lowest BCUT2D eigenvalue weighted by Crippen LogP contribution is -2.61. The van der Waals surface area contributed by atoms with E-state index in [-0.39, 0.29) is 0 Å². The maximum atomic E-state index is 10.2. The molecule has 2 aromatic rings. The minimum absolute atomic E-state index is 0.347. The Morgan fingerprint density at radius 3 is 2.71 bits per heavy atom. The highest BCUT2D eigenvalue weighted by Crippen LogP contribution is 2.27. The predicted molar refractivity (Wildman–Crippen MR) is 83.5 cm³/mol. The summed E-state index contributed by atoms with van der Waals surface area (Å²) >= 11 is 0. The van der Waals surface area contributed by atoms with Crippen LogP contribution in [0.4, 0.5) is 5.82 Å². The van der Waals surface area contributed by atoms with E-state index in [1.54, 1.807) is 18.2 Å². The van der Waals surface area contributed by atoms with Crippen LogP contribution in [0, 0.1) is 0 Å². The molecule has 5 atom stereocenters. The number of aliphatic hydroxyl groups excluding tert-OH is 4. The Morgan fingerprint density at radius 2 is 2.00 bits per heavy atom. The van der Waals surface area contributed by atoms with Gasteiger partial charge < -0.3 is 35.2 Å². The van der Waals surface area contributed by atoms with Crippen LogP contribution >= 0.6 is 0 Å². The number of rotatable bonds is 4. The number of benzene rings is 1. The zero-order valence-corrected chi connectivity index (χ0v) is 12.9. The molecule has 3 unspecified atom stereocenters. The zero-order chi connectivity index (χ0) is 17.3. The number of methoxy groups -OCH3 is 1. The summed E-state index contributed by atoms with van der Waals surface area (Å²) in [5.41, 5.74) is 0.641. The zero-order valence-electron chi connectivity index (χ0n) is 12.9. The lowest BCUT2D eigenvalue weighted by Gasteiger charge is -2.40. The first kappa shape index (κ1) is 16.8. The Morgan fingerprint density at radius 1 is 1.21 bits per heavy atom. The quantitative estimate of drug-likeness (QED) is 0.468. The van der Waals surface area contributed by atoms with Crippen molar-refractivity contribution >= 4 is 16.7 Å². The summed E-state index contributed by atoms with van der Waals surface area (Å²) in [6, 6.07) is 4.18. The molecule has 130 valence electrons. The van der Waals surface area contributed by atoms with E-state index in [4.69, 9.17) is 14.6 Å². The fraction of sp³-hybridized carbons (Fsp3) is 0.467. The third-order valence-electron chi connectivity index (χ3n) is 4.05. The SMILES string of the molecule is COc1ccc2ncnc(NC3C(O)O[C@H](CO)C(O)[C@@H]3O)c2c1. The van der Waals surface area contributed by atoms with E-state index in [9.17, 15) is 15.3 Å². The second-order valence-electron chi connectivity index (χ2n) is 5.50. The summed E-state index contributed by atoms with van der Waals surface area (Å²) in [5.74, 6) is 0.946. The normalized spacial score (nSPS) is 30.3. The molecule has 9 heteroatoms. The molecule has 1 aliphatic rings. The number of ether oxygens (including phenoxy) is 2. The molecule has 0 radical (unpaired) electrons. The minimum Gasteiger partial charge on any atom is -0.497 e. The number of aliphatic hydroxyl groups is 4. The van der Waals surface area contributed by atoms with Gasteiger partial charge >= 0.3 is 0 Å². The van der Waals surface area contributed by atoms with E-state index in [2.05, 4.69) is 15.3 Å². The Kier molecular flexibility index (Phi) is 4.78. The van der Waals surface area contributed by atoms with Crippen LogP contribution in [0.3, 0.4) is 0 Å². The van der Waals surface area contributed by atoms with Crippen molar-refractivity contribution in [3.05, 3.63) is 24.5 Å². The van der Waals surface area contributed by atoms with Gasteiger partial charge in [0.1, 0.15) is 42.2 Å². The molecule has 0 bridgehead atoms. The molecule has 0 saturated carbocycles. The lowest BCUT2D eigenvalue weighted by atomic mass is 9.97. The molecule has 1 saturated heterocycles. The molecule has 0 aliphatic carbocycles. The molecule has 1 aliphatic heterocycles. The number of fused-ring (bicyclic) bond motifs is 1. The van der Waals surface area contributed by atoms with E-state index >= 15 is 0 Å². The standard InChI is InChI=1S/C15H19N3O6/c1-23-7-2-3-9-8(4-7)14(17-6-16-9)18-11-13(21)12(20)10(5-19)24-15(11)22/h2-4,6,10-13,15,19-22H,5H2,1H3,(H,16,17,18)/t10-,11?,12?,13-,15?/m1/s1. The van der Waals surface area contributed by atoms with Crippen LogP contribution in [0.1, 0.15) is 0 Å². The highest BCUT2D eigenvalue weighted by atomic mass is 16.6. The molecular weight excluding hydrogens is 318 g/mol. The number of anilines is 1. The maximum Gasteiger partial charge on any atom is 0.178 e. The van der Waals surface area contributed by atoms with Crippen LogP contribution in [-0.2, 0) is 4.74 Å². The second-order valence-corrected chi connectivity index (χ2v) is 5.50. The topological polar surface area (TPSA) is 137 Å². The average molecular weight is 337 g/mol. The van der Waals surface area contributed by atoms with Crippen molar-refractivity contribution in [1.29, 1.82) is 0 Å². The van der Waals surface area contributed by atoms with Crippen molar-refractivity contribution in [2.75, 3.05) is 19.0 Å². The molecule has 0 spiro atoms. The molecule has 24 heavy (non-hydrogen) atoms. The number of nitrogens with one attached hydrogen (secondary N) is 1. The van der Waals surface area contributed by atoms with Crippen LogP contribution < -0.4 is 10.1 Å². The van der Waals surface area contributed by atoms with Gasteiger partial charge in [0.2, 0.25) is 0 Å². The molecule has 1 aromatic heterocycles. The fourth-order valence-corrected chi connectivity index (χ4v) is 2.69. The van der Waals surface area contributed by atoms with Crippen molar-refractivity contribution < 1.29 is 29.9 Å². The summed E-state index contributed by atoms with van der Waals surface area (Å²) in [4.78, 5) is 8.27. The fourth-order valence-electron chi connectivity index (χ4n) is 2.69. The van der Waals surface area contributed by atoms with Gasteiger partial charge in [-0.25, -0.2) is 9.97 Å². The highest BCUT2D eigenvalue weighted by molar-refractivity contribution is 5.90. The van der Waals surface area contributed by atoms with Gasteiger partial charge in [0.15, 0.2) is 6.29 Å². The third kappa shape index (κ3) is 2.99. The molecular formula is C15H19N3O6. The largest absolute Gasteiger partial charge is 0.497 e. The maximum absolute atomic E-state index is 10.2. The molecule has 1 aromatic carbocycles. The van der Waals surface area contributed by atoms with Gasteiger partial charge in [-0.3, -0.25) is 0 Å². The van der Waals surface area contributed by atoms with Gasteiger partial charge in [-0.2, -0.15) is 0 Å². The summed E-state index contributed by atoms with van der Waals surface area (Å²) in [6.07, 6.45) is -3.86. The summed E-state index contributed by atoms with van der Waals surface area (Å²) in [7, 11) is 1.53. The van der Waals surface area contributed by atoms with Crippen LogP contribution in [0.15, 0.2) is 24.5 Å². The van der Waals surface area contributed by atoms with Crippen LogP contribution in [0.5, 0.6) is 5.75 Å². The molecule has 9 nitrogen and oxygen atoms in total. The van der Waals surface area contributed by atoms with Crippen molar-refractivity contribution in [3.63, 3.8) is 0 Å². The average Bonchev–Trinajstić information content (AvgIpc) is 2.61.